The molecule has 0 amide bonds. The molecule has 0 saturated heterocycles. The molecule has 1 aromatic heterocycles. The average Bonchev–Trinajstić information content (AvgIpc) is 2.96. The van der Waals surface area contributed by atoms with Gasteiger partial charge in [0.25, 0.3) is 0 Å². The zero-order chi connectivity index (χ0) is 13.5. The van der Waals surface area contributed by atoms with E-state index in [9.17, 15) is 4.79 Å². The third-order valence-corrected chi connectivity index (χ3v) is 3.16. The quantitative estimate of drug-likeness (QED) is 0.631. The number of esters is 1. The van der Waals surface area contributed by atoms with Gasteiger partial charge < -0.3 is 4.74 Å². The van der Waals surface area contributed by atoms with Gasteiger partial charge in [0.2, 0.25) is 0 Å². The fourth-order valence-corrected chi connectivity index (χ4v) is 2.11. The number of carbonyl (C=O) groups is 1. The van der Waals surface area contributed by atoms with Crippen molar-refractivity contribution in [2.45, 2.75) is 6.61 Å². The van der Waals surface area contributed by atoms with E-state index >= 15 is 0 Å². The molecule has 0 N–H and O–H groups in total. The van der Waals surface area contributed by atoms with Crippen LogP contribution in [0.15, 0.2) is 47.2 Å². The summed E-state index contributed by atoms with van der Waals surface area (Å²) in [4.78, 5) is 11.5. The maximum absolute atomic E-state index is 11.5. The van der Waals surface area contributed by atoms with Crippen molar-refractivity contribution in [1.29, 1.82) is 5.26 Å². The van der Waals surface area contributed by atoms with Crippen molar-refractivity contribution in [2.75, 3.05) is 0 Å². The lowest BCUT2D eigenvalue weighted by atomic mass is 10.1. The van der Waals surface area contributed by atoms with Gasteiger partial charge in [-0.1, -0.05) is 18.2 Å². The second-order valence-electron chi connectivity index (χ2n) is 3.77. The van der Waals surface area contributed by atoms with Crippen LogP contribution in [0.1, 0.15) is 16.7 Å². The zero-order valence-electron chi connectivity index (χ0n) is 10.1. The summed E-state index contributed by atoms with van der Waals surface area (Å²) in [5, 5.41) is 12.8. The van der Waals surface area contributed by atoms with Crippen LogP contribution in [0.3, 0.4) is 0 Å². The Labute approximate surface area is 115 Å². The first-order valence-electron chi connectivity index (χ1n) is 5.64. The Morgan fingerprint density at radius 3 is 2.95 bits per heavy atom. The molecule has 0 bridgehead atoms. The van der Waals surface area contributed by atoms with Crippen LogP contribution in [-0.2, 0) is 16.1 Å². The van der Waals surface area contributed by atoms with Crippen molar-refractivity contribution in [2.24, 2.45) is 0 Å². The van der Waals surface area contributed by atoms with Gasteiger partial charge in [0, 0.05) is 11.6 Å². The van der Waals surface area contributed by atoms with Gasteiger partial charge >= 0.3 is 5.97 Å². The molecule has 2 rings (SSSR count). The molecular formula is C15H11NO2S. The van der Waals surface area contributed by atoms with E-state index in [2.05, 4.69) is 6.07 Å². The Kier molecular flexibility index (Phi) is 4.49. The summed E-state index contributed by atoms with van der Waals surface area (Å²) in [7, 11) is 0. The second kappa shape index (κ2) is 6.53. The molecule has 0 atom stereocenters. The van der Waals surface area contributed by atoms with E-state index in [0.29, 0.717) is 11.1 Å². The van der Waals surface area contributed by atoms with Crippen molar-refractivity contribution in [3.8, 4) is 6.07 Å². The Bertz CT molecular complexity index is 624. The van der Waals surface area contributed by atoms with E-state index in [-0.39, 0.29) is 6.61 Å². The van der Waals surface area contributed by atoms with Crippen LogP contribution in [0.2, 0.25) is 0 Å². The van der Waals surface area contributed by atoms with Crippen LogP contribution in [0.25, 0.3) is 6.08 Å². The molecule has 0 unspecified atom stereocenters. The molecule has 19 heavy (non-hydrogen) atoms. The summed E-state index contributed by atoms with van der Waals surface area (Å²) < 4.78 is 5.10. The van der Waals surface area contributed by atoms with E-state index < -0.39 is 5.97 Å². The van der Waals surface area contributed by atoms with Gasteiger partial charge in [-0.3, -0.25) is 0 Å². The standard InChI is InChI=1S/C15H11NO2S/c16-9-13-3-1-2-4-14(13)10-18-15(17)6-5-12-7-8-19-11-12/h1-8,11H,10H2/b6-5+. The van der Waals surface area contributed by atoms with E-state index in [0.717, 1.165) is 5.56 Å². The number of nitriles is 1. The van der Waals surface area contributed by atoms with Crippen molar-refractivity contribution >= 4 is 23.4 Å². The van der Waals surface area contributed by atoms with Crippen molar-refractivity contribution in [1.82, 2.24) is 0 Å². The lowest BCUT2D eigenvalue weighted by Crippen LogP contribution is -2.02. The Balaban J connectivity index is 1.92. The normalized spacial score (nSPS) is 10.3. The summed E-state index contributed by atoms with van der Waals surface area (Å²) in [5.41, 5.74) is 2.21. The van der Waals surface area contributed by atoms with Gasteiger partial charge in [-0.15, -0.1) is 0 Å². The Morgan fingerprint density at radius 2 is 2.21 bits per heavy atom. The molecule has 1 heterocycles. The lowest BCUT2D eigenvalue weighted by molar-refractivity contribution is -0.138. The lowest BCUT2D eigenvalue weighted by Gasteiger charge is -2.03. The fourth-order valence-electron chi connectivity index (χ4n) is 1.49. The molecule has 2 aromatic rings. The average molecular weight is 269 g/mol. The first-order chi connectivity index (χ1) is 9.29. The van der Waals surface area contributed by atoms with Gasteiger partial charge in [-0.2, -0.15) is 16.6 Å². The summed E-state index contributed by atoms with van der Waals surface area (Å²) in [6.45, 7) is 0.108. The predicted octanol–water partition coefficient (Wildman–Crippen LogP) is 3.38. The highest BCUT2D eigenvalue weighted by Gasteiger charge is 2.03. The minimum atomic E-state index is -0.418. The monoisotopic (exact) mass is 269 g/mol. The summed E-state index contributed by atoms with van der Waals surface area (Å²) in [6.07, 6.45) is 3.09. The van der Waals surface area contributed by atoms with E-state index in [1.165, 1.54) is 6.08 Å². The molecular weight excluding hydrogens is 258 g/mol. The highest BCUT2D eigenvalue weighted by atomic mass is 32.1. The first kappa shape index (κ1) is 13.1. The van der Waals surface area contributed by atoms with Crippen LogP contribution in [-0.4, -0.2) is 5.97 Å². The predicted molar refractivity (Wildman–Crippen MR) is 74.3 cm³/mol. The number of ether oxygens (including phenoxy) is 1. The number of rotatable bonds is 4. The number of benzene rings is 1. The molecule has 94 valence electrons. The number of hydrogen-bond acceptors (Lipinski definition) is 4. The van der Waals surface area contributed by atoms with Gasteiger partial charge in [0.15, 0.2) is 0 Å². The molecule has 4 heteroatoms. The van der Waals surface area contributed by atoms with E-state index in [1.807, 2.05) is 22.9 Å². The highest BCUT2D eigenvalue weighted by Crippen LogP contribution is 2.10. The number of thiophene rings is 1. The van der Waals surface area contributed by atoms with Crippen LogP contribution in [0, 0.1) is 11.3 Å². The molecule has 1 aromatic carbocycles. The minimum absolute atomic E-state index is 0.108. The fraction of sp³-hybridized carbons (Fsp3) is 0.0667. The molecule has 0 aliphatic rings. The SMILES string of the molecule is N#Cc1ccccc1COC(=O)/C=C/c1ccsc1. The van der Waals surface area contributed by atoms with Gasteiger partial charge in [0.05, 0.1) is 11.6 Å². The van der Waals surface area contributed by atoms with Crippen LogP contribution in [0.5, 0.6) is 0 Å². The number of carbonyl (C=O) groups excluding carboxylic acids is 1. The maximum atomic E-state index is 11.5. The van der Waals surface area contributed by atoms with Crippen LogP contribution < -0.4 is 0 Å². The van der Waals surface area contributed by atoms with Gasteiger partial charge in [-0.05, 0) is 34.5 Å². The third-order valence-electron chi connectivity index (χ3n) is 2.46. The molecule has 0 fully saturated rings. The summed E-state index contributed by atoms with van der Waals surface area (Å²) >= 11 is 1.57. The Hall–Kier alpha value is -2.38. The minimum Gasteiger partial charge on any atom is -0.458 e. The molecule has 0 saturated carbocycles. The molecule has 0 aliphatic carbocycles. The number of nitrogens with zero attached hydrogens (tertiary/aromatic N) is 1. The molecule has 0 radical (unpaired) electrons. The van der Waals surface area contributed by atoms with Crippen LogP contribution >= 0.6 is 11.3 Å². The topological polar surface area (TPSA) is 50.1 Å². The highest BCUT2D eigenvalue weighted by molar-refractivity contribution is 7.08. The van der Waals surface area contributed by atoms with Crippen molar-refractivity contribution in [3.05, 3.63) is 63.9 Å². The maximum Gasteiger partial charge on any atom is 0.331 e. The molecule has 0 spiro atoms. The number of hydrogen-bond donors (Lipinski definition) is 0. The van der Waals surface area contributed by atoms with Gasteiger partial charge in [-0.25, -0.2) is 4.79 Å². The van der Waals surface area contributed by atoms with E-state index in [1.54, 1.807) is 35.6 Å². The van der Waals surface area contributed by atoms with Gasteiger partial charge in [0.1, 0.15) is 6.61 Å². The molecule has 3 nitrogen and oxygen atoms in total. The van der Waals surface area contributed by atoms with E-state index in [4.69, 9.17) is 10.00 Å². The summed E-state index contributed by atoms with van der Waals surface area (Å²) in [6, 6.07) is 11.0. The Morgan fingerprint density at radius 1 is 1.37 bits per heavy atom. The van der Waals surface area contributed by atoms with Crippen molar-refractivity contribution < 1.29 is 9.53 Å². The smallest absolute Gasteiger partial charge is 0.331 e. The third kappa shape index (κ3) is 3.80. The van der Waals surface area contributed by atoms with Crippen LogP contribution in [0.4, 0.5) is 0 Å². The molecule has 0 aliphatic heterocycles. The largest absolute Gasteiger partial charge is 0.458 e. The van der Waals surface area contributed by atoms with Crippen molar-refractivity contribution in [3.63, 3.8) is 0 Å². The second-order valence-corrected chi connectivity index (χ2v) is 4.55. The first-order valence-corrected chi connectivity index (χ1v) is 6.59. The summed E-state index contributed by atoms with van der Waals surface area (Å²) in [5.74, 6) is -0.418. The zero-order valence-corrected chi connectivity index (χ0v) is 10.9.